The molecule has 3 atom stereocenters. The summed E-state index contributed by atoms with van der Waals surface area (Å²) in [5, 5.41) is 7.31. The van der Waals surface area contributed by atoms with Crippen LogP contribution in [-0.2, 0) is 4.79 Å². The Bertz CT molecular complexity index is 404. The Hall–Kier alpha value is -1.56. The second-order valence-corrected chi connectivity index (χ2v) is 4.81. The molecule has 2 rings (SSSR count). The van der Waals surface area contributed by atoms with Gasteiger partial charge in [-0.15, -0.1) is 11.3 Å². The molecule has 86 valence electrons. The third kappa shape index (κ3) is 1.88. The van der Waals surface area contributed by atoms with Crippen LogP contribution in [0.3, 0.4) is 0 Å². The van der Waals surface area contributed by atoms with Crippen molar-refractivity contribution in [3.05, 3.63) is 22.4 Å². The quantitative estimate of drug-likeness (QED) is 0.705. The standard InChI is InChI=1S/C10H13N3O2S/c1-5-7(9(11)14)8(13-10(15)12-5)6-3-2-4-16-6/h2-5,7-8H,1H3,(H2,11,14)(H2,12,13,15). The van der Waals surface area contributed by atoms with Crippen molar-refractivity contribution in [2.75, 3.05) is 0 Å². The molecule has 3 amide bonds. The maximum atomic E-state index is 11.4. The van der Waals surface area contributed by atoms with Gasteiger partial charge in [-0.2, -0.15) is 0 Å². The fourth-order valence-electron chi connectivity index (χ4n) is 1.98. The van der Waals surface area contributed by atoms with Crippen LogP contribution in [-0.4, -0.2) is 18.0 Å². The van der Waals surface area contributed by atoms with Crippen molar-refractivity contribution in [2.24, 2.45) is 11.7 Å². The first-order valence-electron chi connectivity index (χ1n) is 4.99. The van der Waals surface area contributed by atoms with E-state index >= 15 is 0 Å². The Morgan fingerprint density at radius 3 is 2.81 bits per heavy atom. The molecule has 1 aromatic rings. The SMILES string of the molecule is CC1NC(=O)NC(c2cccs2)C1C(N)=O. The minimum Gasteiger partial charge on any atom is -0.369 e. The second kappa shape index (κ2) is 4.13. The largest absolute Gasteiger partial charge is 0.369 e. The summed E-state index contributed by atoms with van der Waals surface area (Å²) in [5.74, 6) is -0.824. The number of urea groups is 1. The van der Waals surface area contributed by atoms with Gasteiger partial charge in [0.2, 0.25) is 5.91 Å². The molecule has 3 unspecified atom stereocenters. The van der Waals surface area contributed by atoms with Gasteiger partial charge in [0.1, 0.15) is 0 Å². The van der Waals surface area contributed by atoms with Crippen LogP contribution in [0.2, 0.25) is 0 Å². The van der Waals surface area contributed by atoms with Gasteiger partial charge in [0, 0.05) is 10.9 Å². The van der Waals surface area contributed by atoms with Gasteiger partial charge < -0.3 is 16.4 Å². The van der Waals surface area contributed by atoms with Crippen LogP contribution in [0.1, 0.15) is 17.8 Å². The predicted molar refractivity (Wildman–Crippen MR) is 60.9 cm³/mol. The molecular formula is C10H13N3O2S. The number of hydrogen-bond donors (Lipinski definition) is 3. The van der Waals surface area contributed by atoms with E-state index in [1.165, 1.54) is 11.3 Å². The highest BCUT2D eigenvalue weighted by atomic mass is 32.1. The van der Waals surface area contributed by atoms with Gasteiger partial charge in [-0.05, 0) is 18.4 Å². The minimum atomic E-state index is -0.420. The Labute approximate surface area is 97.0 Å². The second-order valence-electron chi connectivity index (χ2n) is 3.83. The topological polar surface area (TPSA) is 84.2 Å². The Balaban J connectivity index is 2.31. The predicted octanol–water partition coefficient (Wildman–Crippen LogP) is 0.592. The van der Waals surface area contributed by atoms with E-state index in [1.807, 2.05) is 17.5 Å². The maximum absolute atomic E-state index is 11.4. The summed E-state index contributed by atoms with van der Waals surface area (Å²) in [4.78, 5) is 23.7. The minimum absolute atomic E-state index is 0.252. The number of carbonyl (C=O) groups excluding carboxylic acids is 2. The molecular weight excluding hydrogens is 226 g/mol. The number of nitrogens with one attached hydrogen (secondary N) is 2. The zero-order chi connectivity index (χ0) is 11.7. The highest BCUT2D eigenvalue weighted by molar-refractivity contribution is 7.10. The van der Waals surface area contributed by atoms with E-state index < -0.39 is 11.8 Å². The lowest BCUT2D eigenvalue weighted by Gasteiger charge is -2.35. The third-order valence-electron chi connectivity index (χ3n) is 2.72. The maximum Gasteiger partial charge on any atom is 0.315 e. The van der Waals surface area contributed by atoms with E-state index in [2.05, 4.69) is 10.6 Å². The molecule has 0 aliphatic carbocycles. The Morgan fingerprint density at radius 2 is 2.25 bits per heavy atom. The average molecular weight is 239 g/mol. The van der Waals surface area contributed by atoms with Crippen LogP contribution in [0.25, 0.3) is 0 Å². The zero-order valence-electron chi connectivity index (χ0n) is 8.77. The molecule has 5 nitrogen and oxygen atoms in total. The third-order valence-corrected chi connectivity index (χ3v) is 3.68. The molecule has 6 heteroatoms. The summed E-state index contributed by atoms with van der Waals surface area (Å²) in [6, 6.07) is 2.95. The average Bonchev–Trinajstić information content (AvgIpc) is 2.67. The van der Waals surface area contributed by atoms with Crippen LogP contribution in [0.5, 0.6) is 0 Å². The van der Waals surface area contributed by atoms with Crippen LogP contribution < -0.4 is 16.4 Å². The zero-order valence-corrected chi connectivity index (χ0v) is 9.58. The molecule has 0 bridgehead atoms. The smallest absolute Gasteiger partial charge is 0.315 e. The van der Waals surface area contributed by atoms with Crippen molar-refractivity contribution in [2.45, 2.75) is 19.0 Å². The van der Waals surface area contributed by atoms with Gasteiger partial charge in [0.05, 0.1) is 12.0 Å². The molecule has 16 heavy (non-hydrogen) atoms. The van der Waals surface area contributed by atoms with Crippen LogP contribution in [0.4, 0.5) is 4.79 Å². The highest BCUT2D eigenvalue weighted by Gasteiger charge is 2.38. The summed E-state index contributed by atoms with van der Waals surface area (Å²) in [6.07, 6.45) is 0. The molecule has 0 spiro atoms. The number of hydrogen-bond acceptors (Lipinski definition) is 3. The van der Waals surface area contributed by atoms with Gasteiger partial charge in [-0.3, -0.25) is 4.79 Å². The first-order chi connectivity index (χ1) is 7.59. The van der Waals surface area contributed by atoms with E-state index in [9.17, 15) is 9.59 Å². The molecule has 2 heterocycles. The molecule has 1 aliphatic rings. The number of primary amides is 1. The van der Waals surface area contributed by atoms with Crippen molar-refractivity contribution >= 4 is 23.3 Å². The van der Waals surface area contributed by atoms with Crippen molar-refractivity contribution in [3.8, 4) is 0 Å². The highest BCUT2D eigenvalue weighted by Crippen LogP contribution is 2.30. The lowest BCUT2D eigenvalue weighted by atomic mass is 9.89. The number of rotatable bonds is 2. The van der Waals surface area contributed by atoms with E-state index in [4.69, 9.17) is 5.73 Å². The first kappa shape index (κ1) is 10.9. The molecule has 1 aliphatic heterocycles. The van der Waals surface area contributed by atoms with Gasteiger partial charge in [0.25, 0.3) is 0 Å². The van der Waals surface area contributed by atoms with Gasteiger partial charge >= 0.3 is 6.03 Å². The van der Waals surface area contributed by atoms with E-state index in [-0.39, 0.29) is 18.1 Å². The summed E-state index contributed by atoms with van der Waals surface area (Å²) in [7, 11) is 0. The van der Waals surface area contributed by atoms with Crippen molar-refractivity contribution in [1.29, 1.82) is 0 Å². The summed E-state index contributed by atoms with van der Waals surface area (Å²) in [6.45, 7) is 1.79. The fourth-order valence-corrected chi connectivity index (χ4v) is 2.81. The number of carbonyl (C=O) groups is 2. The van der Waals surface area contributed by atoms with Crippen LogP contribution in [0.15, 0.2) is 17.5 Å². The lowest BCUT2D eigenvalue weighted by molar-refractivity contribution is -0.123. The normalized spacial score (nSPS) is 29.3. The van der Waals surface area contributed by atoms with E-state index in [0.717, 1.165) is 4.88 Å². The summed E-state index contributed by atoms with van der Waals surface area (Å²) >= 11 is 1.50. The number of thiophene rings is 1. The number of nitrogens with two attached hydrogens (primary N) is 1. The van der Waals surface area contributed by atoms with Crippen molar-refractivity contribution < 1.29 is 9.59 Å². The summed E-state index contributed by atoms with van der Waals surface area (Å²) in [5.41, 5.74) is 5.37. The number of amides is 3. The fraction of sp³-hybridized carbons (Fsp3) is 0.400. The molecule has 0 aromatic carbocycles. The van der Waals surface area contributed by atoms with Crippen LogP contribution in [0, 0.1) is 5.92 Å². The van der Waals surface area contributed by atoms with E-state index in [0.29, 0.717) is 0 Å². The Kier molecular flexibility index (Phi) is 2.82. The van der Waals surface area contributed by atoms with Gasteiger partial charge in [-0.25, -0.2) is 4.79 Å². The lowest BCUT2D eigenvalue weighted by Crippen LogP contribution is -2.58. The monoisotopic (exact) mass is 239 g/mol. The molecule has 4 N–H and O–H groups in total. The van der Waals surface area contributed by atoms with Crippen molar-refractivity contribution in [1.82, 2.24) is 10.6 Å². The van der Waals surface area contributed by atoms with Gasteiger partial charge in [0.15, 0.2) is 0 Å². The van der Waals surface area contributed by atoms with E-state index in [1.54, 1.807) is 6.92 Å². The van der Waals surface area contributed by atoms with Crippen molar-refractivity contribution in [3.63, 3.8) is 0 Å². The first-order valence-corrected chi connectivity index (χ1v) is 5.87. The van der Waals surface area contributed by atoms with Gasteiger partial charge in [-0.1, -0.05) is 6.07 Å². The summed E-state index contributed by atoms with van der Waals surface area (Å²) < 4.78 is 0. The molecule has 0 radical (unpaired) electrons. The molecule has 1 saturated heterocycles. The molecule has 1 aromatic heterocycles. The molecule has 0 saturated carbocycles. The Morgan fingerprint density at radius 1 is 1.50 bits per heavy atom. The molecule has 1 fully saturated rings. The van der Waals surface area contributed by atoms with Crippen LogP contribution >= 0.6 is 11.3 Å².